The van der Waals surface area contributed by atoms with Crippen LogP contribution < -0.4 is 9.46 Å². The Labute approximate surface area is 156 Å². The molecule has 0 aliphatic heterocycles. The van der Waals surface area contributed by atoms with E-state index in [1.165, 1.54) is 17.9 Å². The minimum Gasteiger partial charge on any atom is -0.481 e. The highest BCUT2D eigenvalue weighted by Crippen LogP contribution is 2.34. The van der Waals surface area contributed by atoms with E-state index in [0.717, 1.165) is 12.1 Å². The summed E-state index contributed by atoms with van der Waals surface area (Å²) in [5.74, 6) is -5.66. The zero-order chi connectivity index (χ0) is 20.4. The molecule has 0 aliphatic rings. The van der Waals surface area contributed by atoms with Crippen LogP contribution in [0.2, 0.25) is 5.02 Å². The van der Waals surface area contributed by atoms with Crippen LogP contribution in [0, 0.1) is 5.82 Å². The second-order valence-corrected chi connectivity index (χ2v) is 7.11. The monoisotopic (exact) mass is 427 g/mol. The molecule has 0 saturated heterocycles. The van der Waals surface area contributed by atoms with Gasteiger partial charge in [-0.1, -0.05) is 17.7 Å². The zero-order valence-corrected chi connectivity index (χ0v) is 15.1. The fourth-order valence-corrected chi connectivity index (χ4v) is 2.76. The summed E-state index contributed by atoms with van der Waals surface area (Å²) in [5.41, 5.74) is -1.41. The first-order valence-corrected chi connectivity index (χ1v) is 9.01. The summed E-state index contributed by atoms with van der Waals surface area (Å²) in [7, 11) is -4.00. The Bertz CT molecular complexity index is 924. The van der Waals surface area contributed by atoms with Crippen LogP contribution in [0.25, 0.3) is 0 Å². The summed E-state index contributed by atoms with van der Waals surface area (Å²) in [5, 5.41) is 19.1. The van der Waals surface area contributed by atoms with E-state index in [4.69, 9.17) is 16.3 Å². The molecule has 1 atom stereocenters. The average molecular weight is 428 g/mol. The van der Waals surface area contributed by atoms with E-state index in [2.05, 4.69) is 9.97 Å². The van der Waals surface area contributed by atoms with Crippen molar-refractivity contribution in [2.24, 2.45) is 0 Å². The Morgan fingerprint density at radius 2 is 2.00 bits per heavy atom. The average Bonchev–Trinajstić information content (AvgIpc) is 2.64. The lowest BCUT2D eigenvalue weighted by atomic mass is 10.1. The van der Waals surface area contributed by atoms with Gasteiger partial charge >= 0.3 is 5.76 Å². The standard InChI is InChI=1S/C14H13ClF3N3O5S/c1-26-9-4-6(5-22)19-13(20-9)12(23)7-2-3-8(15)10(16)11(7)21-27(24,25)14(17)18/h2-4,12,14,21-23H,5H2,1H3. The van der Waals surface area contributed by atoms with Crippen LogP contribution in [-0.2, 0) is 16.6 Å². The fraction of sp³-hybridized carbons (Fsp3) is 0.286. The van der Waals surface area contributed by atoms with Gasteiger partial charge in [0.2, 0.25) is 5.88 Å². The van der Waals surface area contributed by atoms with Gasteiger partial charge in [0.25, 0.3) is 10.0 Å². The molecule has 0 fully saturated rings. The number of halogens is 4. The maximum atomic E-state index is 14.3. The molecule has 148 valence electrons. The van der Waals surface area contributed by atoms with Gasteiger partial charge in [0.1, 0.15) is 6.10 Å². The third-order valence-electron chi connectivity index (χ3n) is 3.29. The number of nitrogens with one attached hydrogen (secondary N) is 1. The molecule has 0 bridgehead atoms. The minimum absolute atomic E-state index is 0.0417. The van der Waals surface area contributed by atoms with E-state index >= 15 is 0 Å². The van der Waals surface area contributed by atoms with Crippen molar-refractivity contribution in [3.05, 3.63) is 46.1 Å². The van der Waals surface area contributed by atoms with E-state index in [1.807, 2.05) is 0 Å². The number of rotatable bonds is 7. The lowest BCUT2D eigenvalue weighted by Gasteiger charge is -2.18. The SMILES string of the molecule is COc1cc(CO)nc(C(O)c2ccc(Cl)c(F)c2NS(=O)(=O)C(F)F)n1. The second kappa shape index (κ2) is 8.25. The number of methoxy groups -OCH3 is 1. The molecule has 1 heterocycles. The number of anilines is 1. The maximum Gasteiger partial charge on any atom is 0.355 e. The van der Waals surface area contributed by atoms with Gasteiger partial charge in [-0.3, -0.25) is 4.72 Å². The van der Waals surface area contributed by atoms with E-state index < -0.39 is 56.4 Å². The first-order valence-electron chi connectivity index (χ1n) is 7.09. The van der Waals surface area contributed by atoms with Gasteiger partial charge in [-0.2, -0.15) is 13.8 Å². The topological polar surface area (TPSA) is 122 Å². The van der Waals surface area contributed by atoms with Gasteiger partial charge in [0, 0.05) is 11.6 Å². The smallest absolute Gasteiger partial charge is 0.355 e. The lowest BCUT2D eigenvalue weighted by molar-refractivity contribution is 0.205. The molecule has 8 nitrogen and oxygen atoms in total. The molecule has 13 heteroatoms. The van der Waals surface area contributed by atoms with Crippen LogP contribution in [0.4, 0.5) is 18.9 Å². The first kappa shape index (κ1) is 21.2. The lowest BCUT2D eigenvalue weighted by Crippen LogP contribution is -2.23. The van der Waals surface area contributed by atoms with Gasteiger partial charge in [-0.05, 0) is 6.07 Å². The van der Waals surface area contributed by atoms with Crippen molar-refractivity contribution < 1.29 is 36.5 Å². The molecule has 2 rings (SSSR count). The molecule has 27 heavy (non-hydrogen) atoms. The third-order valence-corrected chi connectivity index (χ3v) is 4.54. The molecule has 3 N–H and O–H groups in total. The maximum absolute atomic E-state index is 14.3. The molecule has 0 aliphatic carbocycles. The van der Waals surface area contributed by atoms with Gasteiger partial charge in [-0.15, -0.1) is 0 Å². The molecule has 0 amide bonds. The second-order valence-electron chi connectivity index (χ2n) is 5.05. The number of aliphatic hydroxyl groups is 2. The number of alkyl halides is 2. The first-order chi connectivity index (χ1) is 12.6. The highest BCUT2D eigenvalue weighted by atomic mass is 35.5. The van der Waals surface area contributed by atoms with Crippen molar-refractivity contribution >= 4 is 27.3 Å². The normalized spacial score (nSPS) is 12.9. The Kier molecular flexibility index (Phi) is 6.46. The number of hydrogen-bond donors (Lipinski definition) is 3. The van der Waals surface area contributed by atoms with Gasteiger partial charge < -0.3 is 14.9 Å². The van der Waals surface area contributed by atoms with Crippen LogP contribution in [0.1, 0.15) is 23.2 Å². The fourth-order valence-electron chi connectivity index (χ4n) is 2.02. The van der Waals surface area contributed by atoms with Crippen LogP contribution in [0.5, 0.6) is 5.88 Å². The number of benzene rings is 1. The Morgan fingerprint density at radius 1 is 1.33 bits per heavy atom. The summed E-state index contributed by atoms with van der Waals surface area (Å²) in [6.45, 7) is -0.543. The van der Waals surface area contributed by atoms with Gasteiger partial charge in [-0.25, -0.2) is 17.8 Å². The van der Waals surface area contributed by atoms with Crippen LogP contribution >= 0.6 is 11.6 Å². The molecule has 1 aromatic carbocycles. The molecular weight excluding hydrogens is 415 g/mol. The highest BCUT2D eigenvalue weighted by molar-refractivity contribution is 7.93. The van der Waals surface area contributed by atoms with Crippen LogP contribution in [-0.4, -0.2) is 41.5 Å². The molecule has 0 radical (unpaired) electrons. The summed E-state index contributed by atoms with van der Waals surface area (Å²) < 4.78 is 68.7. The number of aromatic nitrogens is 2. The number of sulfonamides is 1. The van der Waals surface area contributed by atoms with Crippen LogP contribution in [0.3, 0.4) is 0 Å². The van der Waals surface area contributed by atoms with Gasteiger partial charge in [0.05, 0.1) is 30.1 Å². The van der Waals surface area contributed by atoms with E-state index in [0.29, 0.717) is 0 Å². The Hall–Kier alpha value is -2.15. The summed E-state index contributed by atoms with van der Waals surface area (Å²) in [6, 6.07) is 3.27. The predicted molar refractivity (Wildman–Crippen MR) is 88.5 cm³/mol. The largest absolute Gasteiger partial charge is 0.481 e. The summed E-state index contributed by atoms with van der Waals surface area (Å²) >= 11 is 5.58. The van der Waals surface area contributed by atoms with E-state index in [1.54, 1.807) is 0 Å². The molecule has 0 saturated carbocycles. The quantitative estimate of drug-likeness (QED) is 0.616. The number of nitrogens with zero attached hydrogens (tertiary/aromatic N) is 2. The molecule has 1 aromatic heterocycles. The number of aliphatic hydroxyl groups excluding tert-OH is 2. The number of ether oxygens (including phenoxy) is 1. The van der Waals surface area contributed by atoms with Gasteiger partial charge in [0.15, 0.2) is 11.6 Å². The molecule has 2 aromatic rings. The predicted octanol–water partition coefficient (Wildman–Crippen LogP) is 1.82. The number of hydrogen-bond acceptors (Lipinski definition) is 7. The summed E-state index contributed by atoms with van der Waals surface area (Å²) in [6.07, 6.45) is -1.85. The molecular formula is C14H13ClF3N3O5S. The van der Waals surface area contributed by atoms with Crippen molar-refractivity contribution in [3.8, 4) is 5.88 Å². The highest BCUT2D eigenvalue weighted by Gasteiger charge is 2.30. The van der Waals surface area contributed by atoms with Crippen LogP contribution in [0.15, 0.2) is 18.2 Å². The van der Waals surface area contributed by atoms with Crippen molar-refractivity contribution in [3.63, 3.8) is 0 Å². The molecule has 1 unspecified atom stereocenters. The summed E-state index contributed by atoms with van der Waals surface area (Å²) in [4.78, 5) is 7.65. The van der Waals surface area contributed by atoms with E-state index in [9.17, 15) is 31.8 Å². The Balaban J connectivity index is 2.60. The van der Waals surface area contributed by atoms with Crippen molar-refractivity contribution in [2.75, 3.05) is 11.8 Å². The Morgan fingerprint density at radius 3 is 2.56 bits per heavy atom. The van der Waals surface area contributed by atoms with Crippen molar-refractivity contribution in [1.29, 1.82) is 0 Å². The zero-order valence-electron chi connectivity index (χ0n) is 13.5. The van der Waals surface area contributed by atoms with Crippen molar-refractivity contribution in [1.82, 2.24) is 9.97 Å². The minimum atomic E-state index is -5.25. The van der Waals surface area contributed by atoms with Crippen molar-refractivity contribution in [2.45, 2.75) is 18.5 Å². The third kappa shape index (κ3) is 4.58. The van der Waals surface area contributed by atoms with E-state index in [-0.39, 0.29) is 11.6 Å². The molecule has 0 spiro atoms.